The zero-order valence-corrected chi connectivity index (χ0v) is 12.0. The molecule has 102 valence electrons. The maximum absolute atomic E-state index is 5.97. The molecule has 0 atom stereocenters. The first-order valence-corrected chi connectivity index (χ1v) is 6.64. The molecule has 0 fully saturated rings. The van der Waals surface area contributed by atoms with Crippen molar-refractivity contribution in [1.29, 1.82) is 0 Å². The third-order valence-electron chi connectivity index (χ3n) is 2.54. The van der Waals surface area contributed by atoms with Crippen LogP contribution < -0.4 is 4.90 Å². The largest absolute Gasteiger partial charge is 0.341 e. The van der Waals surface area contributed by atoms with Gasteiger partial charge >= 0.3 is 0 Å². The average Bonchev–Trinajstić information content (AvgIpc) is 2.88. The lowest BCUT2D eigenvalue weighted by atomic mass is 10.2. The molecular weight excluding hydrogens is 264 g/mol. The molecule has 7 heteroatoms. The number of nitrogens with zero attached hydrogens (tertiary/aromatic N) is 6. The molecule has 0 bridgehead atoms. The summed E-state index contributed by atoms with van der Waals surface area (Å²) in [4.78, 5) is 14.8. The third-order valence-corrected chi connectivity index (χ3v) is 2.71. The molecule has 0 saturated heterocycles. The summed E-state index contributed by atoms with van der Waals surface area (Å²) in [6, 6.07) is 1.81. The number of halogens is 1. The highest BCUT2D eigenvalue weighted by Gasteiger charge is 2.13. The van der Waals surface area contributed by atoms with Gasteiger partial charge in [0.1, 0.15) is 0 Å². The lowest BCUT2D eigenvalue weighted by molar-refractivity contribution is 0.606. The van der Waals surface area contributed by atoms with Crippen LogP contribution in [0.25, 0.3) is 5.95 Å². The first-order valence-electron chi connectivity index (χ1n) is 6.26. The van der Waals surface area contributed by atoms with Crippen LogP contribution in [0.3, 0.4) is 0 Å². The standard InChI is InChI=1S/C12H17ClN6/c1-4-18(8-9(2)3)11-15-10(13)16-12(17-11)19-7-5-6-14-19/h5-7,9H,4,8H2,1-3H3. The van der Waals surface area contributed by atoms with E-state index in [1.807, 2.05) is 6.07 Å². The van der Waals surface area contributed by atoms with Crippen LogP contribution in [-0.4, -0.2) is 37.8 Å². The van der Waals surface area contributed by atoms with Crippen molar-refractivity contribution < 1.29 is 0 Å². The lowest BCUT2D eigenvalue weighted by Gasteiger charge is -2.22. The Balaban J connectivity index is 2.35. The molecule has 0 N–H and O–H groups in total. The van der Waals surface area contributed by atoms with Crippen LogP contribution in [0.2, 0.25) is 5.28 Å². The van der Waals surface area contributed by atoms with Gasteiger partial charge in [0.2, 0.25) is 11.2 Å². The van der Waals surface area contributed by atoms with Gasteiger partial charge in [0.15, 0.2) is 0 Å². The van der Waals surface area contributed by atoms with E-state index < -0.39 is 0 Å². The summed E-state index contributed by atoms with van der Waals surface area (Å²) in [6.45, 7) is 8.06. The van der Waals surface area contributed by atoms with Crippen molar-refractivity contribution in [3.63, 3.8) is 0 Å². The minimum Gasteiger partial charge on any atom is -0.341 e. The third kappa shape index (κ3) is 3.41. The predicted molar refractivity (Wildman–Crippen MR) is 74.7 cm³/mol. The highest BCUT2D eigenvalue weighted by molar-refractivity contribution is 6.28. The van der Waals surface area contributed by atoms with Crippen LogP contribution in [0.5, 0.6) is 0 Å². The van der Waals surface area contributed by atoms with Crippen molar-refractivity contribution in [2.45, 2.75) is 20.8 Å². The first kappa shape index (κ1) is 13.7. The summed E-state index contributed by atoms with van der Waals surface area (Å²) in [5, 5.41) is 4.28. The molecule has 6 nitrogen and oxygen atoms in total. The molecule has 0 amide bonds. The van der Waals surface area contributed by atoms with Gasteiger partial charge in [0.05, 0.1) is 0 Å². The second kappa shape index (κ2) is 5.97. The van der Waals surface area contributed by atoms with Gasteiger partial charge in [-0.3, -0.25) is 0 Å². The van der Waals surface area contributed by atoms with E-state index in [0.717, 1.165) is 13.1 Å². The van der Waals surface area contributed by atoms with Crippen LogP contribution in [0.4, 0.5) is 5.95 Å². The predicted octanol–water partition coefficient (Wildman–Crippen LogP) is 2.19. The second-order valence-corrected chi connectivity index (χ2v) is 4.93. The summed E-state index contributed by atoms with van der Waals surface area (Å²) in [5.41, 5.74) is 0. The maximum atomic E-state index is 5.97. The average molecular weight is 281 g/mol. The fraction of sp³-hybridized carbons (Fsp3) is 0.500. The van der Waals surface area contributed by atoms with Crippen LogP contribution >= 0.6 is 11.6 Å². The molecule has 2 rings (SSSR count). The van der Waals surface area contributed by atoms with Gasteiger partial charge in [-0.1, -0.05) is 13.8 Å². The minimum atomic E-state index is 0.178. The van der Waals surface area contributed by atoms with Crippen molar-refractivity contribution in [2.75, 3.05) is 18.0 Å². The zero-order valence-electron chi connectivity index (χ0n) is 11.3. The quantitative estimate of drug-likeness (QED) is 0.840. The number of anilines is 1. The highest BCUT2D eigenvalue weighted by Crippen LogP contribution is 2.14. The Kier molecular flexibility index (Phi) is 4.31. The Morgan fingerprint density at radius 3 is 2.68 bits per heavy atom. The Bertz CT molecular complexity index is 525. The molecule has 0 spiro atoms. The molecule has 0 aliphatic carbocycles. The number of hydrogen-bond donors (Lipinski definition) is 0. The van der Waals surface area contributed by atoms with Gasteiger partial charge in [-0.05, 0) is 30.5 Å². The van der Waals surface area contributed by atoms with Gasteiger partial charge in [-0.2, -0.15) is 20.1 Å². The number of aromatic nitrogens is 5. The summed E-state index contributed by atoms with van der Waals surface area (Å²) in [7, 11) is 0. The van der Waals surface area contributed by atoms with E-state index in [1.165, 1.54) is 0 Å². The fourth-order valence-electron chi connectivity index (χ4n) is 1.75. The topological polar surface area (TPSA) is 59.7 Å². The normalized spacial score (nSPS) is 11.0. The van der Waals surface area contributed by atoms with Crippen LogP contribution in [0.1, 0.15) is 20.8 Å². The Hall–Kier alpha value is -1.69. The highest BCUT2D eigenvalue weighted by atomic mass is 35.5. The van der Waals surface area contributed by atoms with Crippen LogP contribution in [0.15, 0.2) is 18.5 Å². The monoisotopic (exact) mass is 280 g/mol. The van der Waals surface area contributed by atoms with Gasteiger partial charge in [0.25, 0.3) is 5.95 Å². The fourth-order valence-corrected chi connectivity index (χ4v) is 1.90. The number of hydrogen-bond acceptors (Lipinski definition) is 5. The molecular formula is C12H17ClN6. The van der Waals surface area contributed by atoms with E-state index in [1.54, 1.807) is 17.1 Å². The van der Waals surface area contributed by atoms with Gasteiger partial charge in [-0.25, -0.2) is 4.68 Å². The summed E-state index contributed by atoms with van der Waals surface area (Å²) in [5.74, 6) is 1.53. The van der Waals surface area contributed by atoms with E-state index >= 15 is 0 Å². The maximum Gasteiger partial charge on any atom is 0.256 e. The van der Waals surface area contributed by atoms with Crippen molar-refractivity contribution in [3.8, 4) is 5.95 Å². The van der Waals surface area contributed by atoms with E-state index in [0.29, 0.717) is 17.8 Å². The molecule has 0 saturated carbocycles. The molecule has 0 aromatic carbocycles. The summed E-state index contributed by atoms with van der Waals surface area (Å²) < 4.78 is 1.57. The van der Waals surface area contributed by atoms with Crippen molar-refractivity contribution in [2.24, 2.45) is 5.92 Å². The molecule has 0 unspecified atom stereocenters. The molecule has 2 aromatic rings. The Morgan fingerprint density at radius 2 is 2.11 bits per heavy atom. The first-order chi connectivity index (χ1) is 9.10. The van der Waals surface area contributed by atoms with Crippen molar-refractivity contribution in [3.05, 3.63) is 23.7 Å². The zero-order chi connectivity index (χ0) is 13.8. The van der Waals surface area contributed by atoms with Crippen molar-refractivity contribution in [1.82, 2.24) is 24.7 Å². The van der Waals surface area contributed by atoms with Gasteiger partial charge in [0, 0.05) is 25.5 Å². The molecule has 19 heavy (non-hydrogen) atoms. The second-order valence-electron chi connectivity index (χ2n) is 4.59. The van der Waals surface area contributed by atoms with Crippen LogP contribution in [-0.2, 0) is 0 Å². The van der Waals surface area contributed by atoms with Gasteiger partial charge < -0.3 is 4.90 Å². The molecule has 0 aliphatic rings. The summed E-state index contributed by atoms with van der Waals surface area (Å²) >= 11 is 5.97. The number of rotatable bonds is 5. The molecule has 0 radical (unpaired) electrons. The Morgan fingerprint density at radius 1 is 1.32 bits per heavy atom. The Labute approximate surface area is 117 Å². The van der Waals surface area contributed by atoms with Crippen molar-refractivity contribution >= 4 is 17.5 Å². The van der Waals surface area contributed by atoms with Gasteiger partial charge in [-0.15, -0.1) is 0 Å². The lowest BCUT2D eigenvalue weighted by Crippen LogP contribution is -2.29. The molecule has 2 aromatic heterocycles. The molecule has 2 heterocycles. The van der Waals surface area contributed by atoms with Crippen LogP contribution in [0, 0.1) is 5.92 Å². The summed E-state index contributed by atoms with van der Waals surface area (Å²) in [6.07, 6.45) is 3.44. The van der Waals surface area contributed by atoms with E-state index in [9.17, 15) is 0 Å². The van der Waals surface area contributed by atoms with E-state index in [4.69, 9.17) is 11.6 Å². The SMILES string of the molecule is CCN(CC(C)C)c1nc(Cl)nc(-n2cccn2)n1. The smallest absolute Gasteiger partial charge is 0.256 e. The van der Waals surface area contributed by atoms with E-state index in [-0.39, 0.29) is 5.28 Å². The molecule has 0 aliphatic heterocycles. The van der Waals surface area contributed by atoms with E-state index in [2.05, 4.69) is 45.7 Å². The minimum absolute atomic E-state index is 0.178.